The van der Waals surface area contributed by atoms with Gasteiger partial charge in [-0.15, -0.1) is 5.92 Å². The Kier molecular flexibility index (Phi) is 19.7. The predicted molar refractivity (Wildman–Crippen MR) is 55.9 cm³/mol. The van der Waals surface area contributed by atoms with Crippen LogP contribution in [-0.2, 0) is 4.74 Å². The molecule has 12 heavy (non-hydrogen) atoms. The highest BCUT2D eigenvalue weighted by Crippen LogP contribution is 2.04. The molecule has 2 nitrogen and oxygen atoms in total. The van der Waals surface area contributed by atoms with Gasteiger partial charge >= 0.3 is 0 Å². The van der Waals surface area contributed by atoms with Crippen LogP contribution in [0.5, 0.6) is 0 Å². The lowest BCUT2D eigenvalue weighted by atomic mass is 10.1. The van der Waals surface area contributed by atoms with Crippen molar-refractivity contribution in [3.05, 3.63) is 0 Å². The first-order chi connectivity index (χ1) is 4.12. The Morgan fingerprint density at radius 2 is 1.67 bits per heavy atom. The van der Waals surface area contributed by atoms with Crippen molar-refractivity contribution < 1.29 is 9.84 Å². The third-order valence-corrected chi connectivity index (χ3v) is 0.851. The predicted octanol–water partition coefficient (Wildman–Crippen LogP) is 2.66. The van der Waals surface area contributed by atoms with Crippen molar-refractivity contribution >= 4 is 0 Å². The second kappa shape index (κ2) is 10.5. The van der Waals surface area contributed by atoms with E-state index in [4.69, 9.17) is 9.84 Å². The first-order valence-corrected chi connectivity index (χ1v) is 2.81. The van der Waals surface area contributed by atoms with E-state index >= 15 is 0 Å². The summed E-state index contributed by atoms with van der Waals surface area (Å²) >= 11 is 0. The molecule has 0 rings (SSSR count). The SMILES string of the molecule is C.C.C.CC#CC(C)(C)OCO. The minimum Gasteiger partial charge on any atom is -0.371 e. The summed E-state index contributed by atoms with van der Waals surface area (Å²) in [5, 5.41) is 8.34. The van der Waals surface area contributed by atoms with Gasteiger partial charge in [0.15, 0.2) is 0 Å². The van der Waals surface area contributed by atoms with E-state index in [0.29, 0.717) is 0 Å². The maximum atomic E-state index is 8.34. The Hall–Kier alpha value is -0.520. The molecule has 1 N–H and O–H groups in total. The molecule has 0 radical (unpaired) electrons. The standard InChI is InChI=1S/C7H12O2.3CH4/c1-4-5-7(2,3)9-6-8;;;/h8H,6H2,1-3H3;3*1H4. The summed E-state index contributed by atoms with van der Waals surface area (Å²) in [4.78, 5) is 0. The van der Waals surface area contributed by atoms with Crippen LogP contribution in [0.1, 0.15) is 43.1 Å². The lowest BCUT2D eigenvalue weighted by Gasteiger charge is -2.15. The highest BCUT2D eigenvalue weighted by molar-refractivity contribution is 5.08. The minimum absolute atomic E-state index is 0. The summed E-state index contributed by atoms with van der Waals surface area (Å²) in [6.45, 7) is 5.07. The van der Waals surface area contributed by atoms with Crippen molar-refractivity contribution in [1.29, 1.82) is 0 Å². The van der Waals surface area contributed by atoms with Crippen molar-refractivity contribution in [3.63, 3.8) is 0 Å². The van der Waals surface area contributed by atoms with Gasteiger partial charge in [0.2, 0.25) is 0 Å². The van der Waals surface area contributed by atoms with Gasteiger partial charge in [-0.2, -0.15) is 0 Å². The Labute approximate surface area is 77.9 Å². The quantitative estimate of drug-likeness (QED) is 0.518. The third-order valence-electron chi connectivity index (χ3n) is 0.851. The lowest BCUT2D eigenvalue weighted by molar-refractivity contribution is -0.0681. The van der Waals surface area contributed by atoms with Crippen molar-refractivity contribution in [2.45, 2.75) is 48.7 Å². The molecule has 0 unspecified atom stereocenters. The molecule has 2 heteroatoms. The molecular weight excluding hydrogens is 152 g/mol. The van der Waals surface area contributed by atoms with E-state index in [1.807, 2.05) is 0 Å². The fourth-order valence-corrected chi connectivity index (χ4v) is 0.498. The summed E-state index contributed by atoms with van der Waals surface area (Å²) in [5.41, 5.74) is -0.510. The van der Waals surface area contributed by atoms with Crippen LogP contribution in [0.4, 0.5) is 0 Å². The van der Waals surface area contributed by atoms with Gasteiger partial charge in [-0.1, -0.05) is 28.2 Å². The molecule has 0 aromatic carbocycles. The largest absolute Gasteiger partial charge is 0.371 e. The second-order valence-electron chi connectivity index (χ2n) is 2.16. The highest BCUT2D eigenvalue weighted by atomic mass is 16.6. The summed E-state index contributed by atoms with van der Waals surface area (Å²) in [6.07, 6.45) is 0. The number of rotatable bonds is 2. The van der Waals surface area contributed by atoms with Crippen LogP contribution >= 0.6 is 0 Å². The van der Waals surface area contributed by atoms with Crippen molar-refractivity contribution in [3.8, 4) is 11.8 Å². The van der Waals surface area contributed by atoms with E-state index in [1.165, 1.54) is 0 Å². The molecule has 0 aliphatic heterocycles. The van der Waals surface area contributed by atoms with Gasteiger partial charge in [-0.05, 0) is 20.8 Å². The Morgan fingerprint density at radius 3 is 1.92 bits per heavy atom. The zero-order valence-corrected chi connectivity index (χ0v) is 6.06. The fraction of sp³-hybridized carbons (Fsp3) is 0.800. The first-order valence-electron chi connectivity index (χ1n) is 2.81. The Balaban J connectivity index is -0.000000107. The summed E-state index contributed by atoms with van der Waals surface area (Å²) in [5.74, 6) is 5.50. The van der Waals surface area contributed by atoms with Crippen LogP contribution in [0.3, 0.4) is 0 Å². The molecule has 0 aliphatic carbocycles. The molecule has 0 heterocycles. The van der Waals surface area contributed by atoms with Crippen LogP contribution in [-0.4, -0.2) is 17.5 Å². The molecular formula is C10H24O2. The monoisotopic (exact) mass is 176 g/mol. The molecule has 0 aromatic rings. The molecule has 0 saturated heterocycles. The molecule has 0 bridgehead atoms. The highest BCUT2D eigenvalue weighted by Gasteiger charge is 2.12. The van der Waals surface area contributed by atoms with E-state index in [1.54, 1.807) is 20.8 Å². The van der Waals surface area contributed by atoms with Crippen LogP contribution in [0.25, 0.3) is 0 Å². The number of ether oxygens (including phenoxy) is 1. The average molecular weight is 176 g/mol. The molecule has 0 amide bonds. The lowest BCUT2D eigenvalue weighted by Crippen LogP contribution is -2.22. The van der Waals surface area contributed by atoms with Gasteiger partial charge in [0.25, 0.3) is 0 Å². The van der Waals surface area contributed by atoms with Gasteiger partial charge in [-0.3, -0.25) is 0 Å². The Bertz CT molecular complexity index is 129. The minimum atomic E-state index is -0.510. The molecule has 0 saturated carbocycles. The van der Waals surface area contributed by atoms with E-state index < -0.39 is 5.60 Å². The van der Waals surface area contributed by atoms with Gasteiger partial charge in [0.1, 0.15) is 12.4 Å². The van der Waals surface area contributed by atoms with Gasteiger partial charge < -0.3 is 9.84 Å². The smallest absolute Gasteiger partial charge is 0.145 e. The zero-order chi connectivity index (χ0) is 7.33. The van der Waals surface area contributed by atoms with Crippen molar-refractivity contribution in [2.75, 3.05) is 6.79 Å². The molecule has 0 spiro atoms. The Morgan fingerprint density at radius 1 is 1.25 bits per heavy atom. The zero-order valence-electron chi connectivity index (χ0n) is 6.06. The maximum Gasteiger partial charge on any atom is 0.145 e. The number of aliphatic hydroxyl groups excluding tert-OH is 1. The topological polar surface area (TPSA) is 29.5 Å². The van der Waals surface area contributed by atoms with Gasteiger partial charge in [0, 0.05) is 0 Å². The summed E-state index contributed by atoms with van der Waals surface area (Å²) < 4.78 is 4.85. The number of hydrogen-bond donors (Lipinski definition) is 1. The van der Waals surface area contributed by atoms with E-state index in [0.717, 1.165) is 0 Å². The van der Waals surface area contributed by atoms with E-state index in [9.17, 15) is 0 Å². The van der Waals surface area contributed by atoms with Crippen LogP contribution in [0.15, 0.2) is 0 Å². The number of aliphatic hydroxyl groups is 1. The van der Waals surface area contributed by atoms with Crippen molar-refractivity contribution in [1.82, 2.24) is 0 Å². The van der Waals surface area contributed by atoms with E-state index in [2.05, 4.69) is 11.8 Å². The normalized spacial score (nSPS) is 7.67. The average Bonchev–Trinajstić information content (AvgIpc) is 1.64. The summed E-state index contributed by atoms with van der Waals surface area (Å²) in [7, 11) is 0. The van der Waals surface area contributed by atoms with Crippen LogP contribution < -0.4 is 0 Å². The van der Waals surface area contributed by atoms with Gasteiger partial charge in [0.05, 0.1) is 0 Å². The fourth-order valence-electron chi connectivity index (χ4n) is 0.498. The molecule has 0 aromatic heterocycles. The van der Waals surface area contributed by atoms with Gasteiger partial charge in [-0.25, -0.2) is 0 Å². The van der Waals surface area contributed by atoms with Crippen LogP contribution in [0, 0.1) is 11.8 Å². The molecule has 0 atom stereocenters. The number of hydrogen-bond acceptors (Lipinski definition) is 2. The maximum absolute atomic E-state index is 8.34. The molecule has 76 valence electrons. The second-order valence-corrected chi connectivity index (χ2v) is 2.16. The molecule has 0 aliphatic rings. The van der Waals surface area contributed by atoms with E-state index in [-0.39, 0.29) is 29.1 Å². The van der Waals surface area contributed by atoms with Crippen molar-refractivity contribution in [2.24, 2.45) is 0 Å². The third kappa shape index (κ3) is 12.2. The van der Waals surface area contributed by atoms with Crippen LogP contribution in [0.2, 0.25) is 0 Å². The molecule has 0 fully saturated rings. The summed E-state index contributed by atoms with van der Waals surface area (Å²) in [6, 6.07) is 0. The first kappa shape index (κ1) is 22.5.